The summed E-state index contributed by atoms with van der Waals surface area (Å²) in [6.45, 7) is 7.04. The molecule has 0 radical (unpaired) electrons. The summed E-state index contributed by atoms with van der Waals surface area (Å²) in [7, 11) is 0. The van der Waals surface area contributed by atoms with Crippen molar-refractivity contribution in [3.8, 4) is 0 Å². The van der Waals surface area contributed by atoms with Crippen LogP contribution >= 0.6 is 0 Å². The zero-order valence-corrected chi connectivity index (χ0v) is 10.4. The molecule has 2 N–H and O–H groups in total. The first-order valence-corrected chi connectivity index (χ1v) is 6.25. The molecule has 0 aromatic heterocycles. The van der Waals surface area contributed by atoms with E-state index in [1.807, 2.05) is 4.90 Å². The maximum atomic E-state index is 11.6. The number of hydrogen-bond donors (Lipinski definition) is 2. The SMILES string of the molecule is CC(C)CCNC(=O)CN1CCCC(O)C1. The van der Waals surface area contributed by atoms with Crippen LogP contribution in [0.5, 0.6) is 0 Å². The third-order valence-corrected chi connectivity index (χ3v) is 2.89. The summed E-state index contributed by atoms with van der Waals surface area (Å²) in [6, 6.07) is 0. The van der Waals surface area contributed by atoms with E-state index in [0.717, 1.165) is 32.4 Å². The Morgan fingerprint density at radius 2 is 2.31 bits per heavy atom. The number of piperidine rings is 1. The summed E-state index contributed by atoms with van der Waals surface area (Å²) < 4.78 is 0. The molecule has 16 heavy (non-hydrogen) atoms. The predicted molar refractivity (Wildman–Crippen MR) is 64.1 cm³/mol. The molecular weight excluding hydrogens is 204 g/mol. The minimum absolute atomic E-state index is 0.0785. The molecule has 1 heterocycles. The van der Waals surface area contributed by atoms with Crippen LogP contribution in [0, 0.1) is 5.92 Å². The molecule has 1 saturated heterocycles. The highest BCUT2D eigenvalue weighted by atomic mass is 16.3. The third kappa shape index (κ3) is 5.47. The quantitative estimate of drug-likeness (QED) is 0.725. The number of aliphatic hydroxyl groups is 1. The van der Waals surface area contributed by atoms with Crippen molar-refractivity contribution in [2.45, 2.75) is 39.2 Å². The van der Waals surface area contributed by atoms with Crippen molar-refractivity contribution in [1.29, 1.82) is 0 Å². The number of amides is 1. The Labute approximate surface area is 98.0 Å². The average Bonchev–Trinajstić information content (AvgIpc) is 2.16. The number of nitrogens with zero attached hydrogens (tertiary/aromatic N) is 1. The van der Waals surface area contributed by atoms with Gasteiger partial charge in [-0.25, -0.2) is 0 Å². The number of carbonyl (C=O) groups is 1. The van der Waals surface area contributed by atoms with Crippen molar-refractivity contribution in [3.05, 3.63) is 0 Å². The third-order valence-electron chi connectivity index (χ3n) is 2.89. The van der Waals surface area contributed by atoms with Gasteiger partial charge in [-0.2, -0.15) is 0 Å². The van der Waals surface area contributed by atoms with Gasteiger partial charge in [0, 0.05) is 13.1 Å². The molecule has 1 amide bonds. The van der Waals surface area contributed by atoms with Crippen LogP contribution in [0.25, 0.3) is 0 Å². The minimum atomic E-state index is -0.253. The number of nitrogens with one attached hydrogen (secondary N) is 1. The predicted octanol–water partition coefficient (Wildman–Crippen LogP) is 0.605. The fourth-order valence-corrected chi connectivity index (χ4v) is 1.93. The van der Waals surface area contributed by atoms with Gasteiger partial charge in [-0.1, -0.05) is 13.8 Å². The van der Waals surface area contributed by atoms with Gasteiger partial charge in [-0.3, -0.25) is 9.69 Å². The zero-order valence-electron chi connectivity index (χ0n) is 10.4. The van der Waals surface area contributed by atoms with Gasteiger partial charge >= 0.3 is 0 Å². The van der Waals surface area contributed by atoms with Gasteiger partial charge in [0.25, 0.3) is 0 Å². The van der Waals surface area contributed by atoms with Crippen LogP contribution in [0.4, 0.5) is 0 Å². The molecule has 94 valence electrons. The lowest BCUT2D eigenvalue weighted by Crippen LogP contribution is -2.44. The number of carbonyl (C=O) groups excluding carboxylic acids is 1. The molecule has 1 rings (SSSR count). The number of aliphatic hydroxyl groups excluding tert-OH is 1. The number of rotatable bonds is 5. The fraction of sp³-hybridized carbons (Fsp3) is 0.917. The van der Waals surface area contributed by atoms with Crippen LogP contribution in [0.2, 0.25) is 0 Å². The Kier molecular flexibility index (Phi) is 5.77. The summed E-state index contributed by atoms with van der Waals surface area (Å²) in [6.07, 6.45) is 2.62. The summed E-state index contributed by atoms with van der Waals surface area (Å²) >= 11 is 0. The largest absolute Gasteiger partial charge is 0.392 e. The molecule has 0 bridgehead atoms. The number of likely N-dealkylation sites (tertiary alicyclic amines) is 1. The van der Waals surface area contributed by atoms with E-state index in [1.54, 1.807) is 0 Å². The maximum absolute atomic E-state index is 11.6. The van der Waals surface area contributed by atoms with Crippen molar-refractivity contribution in [2.24, 2.45) is 5.92 Å². The molecular formula is C12H24N2O2. The van der Waals surface area contributed by atoms with Gasteiger partial charge in [-0.05, 0) is 31.7 Å². The first kappa shape index (κ1) is 13.5. The molecule has 1 fully saturated rings. The Hall–Kier alpha value is -0.610. The van der Waals surface area contributed by atoms with Crippen molar-refractivity contribution in [1.82, 2.24) is 10.2 Å². The van der Waals surface area contributed by atoms with Crippen molar-refractivity contribution in [3.63, 3.8) is 0 Å². The first-order chi connectivity index (χ1) is 7.58. The number of hydrogen-bond acceptors (Lipinski definition) is 3. The molecule has 0 spiro atoms. The average molecular weight is 228 g/mol. The molecule has 1 atom stereocenters. The van der Waals surface area contributed by atoms with E-state index in [-0.39, 0.29) is 12.0 Å². The molecule has 0 aromatic carbocycles. The molecule has 4 nitrogen and oxygen atoms in total. The van der Waals surface area contributed by atoms with Gasteiger partial charge in [0.1, 0.15) is 0 Å². The van der Waals surface area contributed by atoms with E-state index in [4.69, 9.17) is 0 Å². The Bertz CT molecular complexity index is 219. The van der Waals surface area contributed by atoms with Crippen molar-refractivity contribution >= 4 is 5.91 Å². The highest BCUT2D eigenvalue weighted by Crippen LogP contribution is 2.08. The highest BCUT2D eigenvalue weighted by Gasteiger charge is 2.19. The van der Waals surface area contributed by atoms with Crippen LogP contribution in [-0.2, 0) is 4.79 Å². The molecule has 1 aliphatic heterocycles. The van der Waals surface area contributed by atoms with E-state index >= 15 is 0 Å². The van der Waals surface area contributed by atoms with Gasteiger partial charge in [0.05, 0.1) is 12.6 Å². The van der Waals surface area contributed by atoms with Crippen LogP contribution in [0.1, 0.15) is 33.1 Å². The molecule has 0 aromatic rings. The van der Waals surface area contributed by atoms with E-state index in [2.05, 4.69) is 19.2 Å². The van der Waals surface area contributed by atoms with Crippen molar-refractivity contribution < 1.29 is 9.90 Å². The van der Waals surface area contributed by atoms with E-state index in [1.165, 1.54) is 0 Å². The van der Waals surface area contributed by atoms with Crippen LogP contribution in [-0.4, -0.2) is 48.2 Å². The van der Waals surface area contributed by atoms with Crippen molar-refractivity contribution in [2.75, 3.05) is 26.2 Å². The summed E-state index contributed by atoms with van der Waals surface area (Å²) in [5, 5.41) is 12.4. The topological polar surface area (TPSA) is 52.6 Å². The highest BCUT2D eigenvalue weighted by molar-refractivity contribution is 5.77. The Morgan fingerprint density at radius 3 is 2.94 bits per heavy atom. The smallest absolute Gasteiger partial charge is 0.234 e. The molecule has 1 aliphatic rings. The lowest BCUT2D eigenvalue weighted by molar-refractivity contribution is -0.122. The Balaban J connectivity index is 2.13. The molecule has 4 heteroatoms. The van der Waals surface area contributed by atoms with Crippen LogP contribution in [0.3, 0.4) is 0 Å². The standard InChI is InChI=1S/C12H24N2O2/c1-10(2)5-6-13-12(16)9-14-7-3-4-11(15)8-14/h10-11,15H,3-9H2,1-2H3,(H,13,16). The number of β-amino-alcohol motifs (C(OH)–C–C–N with tert-alkyl or cyclic N) is 1. The maximum Gasteiger partial charge on any atom is 0.234 e. The second-order valence-corrected chi connectivity index (χ2v) is 5.06. The molecule has 0 aliphatic carbocycles. The van der Waals surface area contributed by atoms with Gasteiger partial charge < -0.3 is 10.4 Å². The molecule has 0 saturated carbocycles. The van der Waals surface area contributed by atoms with Gasteiger partial charge in [-0.15, -0.1) is 0 Å². The normalized spacial score (nSPS) is 22.4. The summed E-state index contributed by atoms with van der Waals surface area (Å²) in [5.41, 5.74) is 0. The van der Waals surface area contributed by atoms with Crippen LogP contribution < -0.4 is 5.32 Å². The second kappa shape index (κ2) is 6.86. The summed E-state index contributed by atoms with van der Waals surface area (Å²) in [4.78, 5) is 13.6. The van der Waals surface area contributed by atoms with E-state index in [9.17, 15) is 9.90 Å². The van der Waals surface area contributed by atoms with Gasteiger partial charge in [0.15, 0.2) is 0 Å². The summed E-state index contributed by atoms with van der Waals surface area (Å²) in [5.74, 6) is 0.701. The zero-order chi connectivity index (χ0) is 12.0. The first-order valence-electron chi connectivity index (χ1n) is 6.25. The fourth-order valence-electron chi connectivity index (χ4n) is 1.93. The van der Waals surface area contributed by atoms with E-state index in [0.29, 0.717) is 19.0 Å². The monoisotopic (exact) mass is 228 g/mol. The minimum Gasteiger partial charge on any atom is -0.392 e. The van der Waals surface area contributed by atoms with E-state index < -0.39 is 0 Å². The van der Waals surface area contributed by atoms with Crippen LogP contribution in [0.15, 0.2) is 0 Å². The van der Waals surface area contributed by atoms with Gasteiger partial charge in [0.2, 0.25) is 5.91 Å². The lowest BCUT2D eigenvalue weighted by Gasteiger charge is -2.29. The molecule has 1 unspecified atom stereocenters. The second-order valence-electron chi connectivity index (χ2n) is 5.06. The Morgan fingerprint density at radius 1 is 1.56 bits per heavy atom. The lowest BCUT2D eigenvalue weighted by atomic mass is 10.1.